The number of fused-ring (bicyclic) bond motifs is 3. The first kappa shape index (κ1) is 14.4. The van der Waals surface area contributed by atoms with Crippen molar-refractivity contribution < 1.29 is 4.79 Å². The second kappa shape index (κ2) is 6.49. The Balaban J connectivity index is 1.99. The van der Waals surface area contributed by atoms with E-state index in [1.54, 1.807) is 12.4 Å². The molecule has 3 aromatic rings. The monoisotopic (exact) mass is 294 g/mol. The van der Waals surface area contributed by atoms with Crippen molar-refractivity contribution in [2.45, 2.75) is 19.3 Å². The van der Waals surface area contributed by atoms with Crippen molar-refractivity contribution in [1.82, 2.24) is 9.97 Å². The predicted octanol–water partition coefficient (Wildman–Crippen LogP) is 2.85. The fourth-order valence-corrected chi connectivity index (χ4v) is 2.52. The van der Waals surface area contributed by atoms with Crippen molar-refractivity contribution >= 4 is 33.4 Å². The Kier molecular flexibility index (Phi) is 4.25. The van der Waals surface area contributed by atoms with Crippen LogP contribution in [-0.4, -0.2) is 22.4 Å². The molecule has 2 aromatic heterocycles. The maximum Gasteiger partial charge on any atom is 0.224 e. The van der Waals surface area contributed by atoms with Crippen LogP contribution in [0.1, 0.15) is 19.3 Å². The van der Waals surface area contributed by atoms with E-state index < -0.39 is 0 Å². The molecule has 5 heteroatoms. The molecular weight excluding hydrogens is 276 g/mol. The number of benzene rings is 1. The molecule has 0 saturated heterocycles. The lowest BCUT2D eigenvalue weighted by atomic mass is 10.1. The highest BCUT2D eigenvalue weighted by Crippen LogP contribution is 2.29. The molecule has 3 rings (SSSR count). The van der Waals surface area contributed by atoms with Crippen LogP contribution in [-0.2, 0) is 4.79 Å². The van der Waals surface area contributed by atoms with Crippen LogP contribution >= 0.6 is 0 Å². The molecule has 0 radical (unpaired) electrons. The molecule has 1 aromatic carbocycles. The number of pyridine rings is 2. The Morgan fingerprint density at radius 1 is 1.09 bits per heavy atom. The van der Waals surface area contributed by atoms with Gasteiger partial charge in [-0.25, -0.2) is 0 Å². The molecule has 0 aliphatic heterocycles. The molecule has 0 fully saturated rings. The van der Waals surface area contributed by atoms with Gasteiger partial charge >= 0.3 is 0 Å². The number of carbonyl (C=O) groups excluding carboxylic acids is 1. The van der Waals surface area contributed by atoms with Gasteiger partial charge in [0.15, 0.2) is 0 Å². The van der Waals surface area contributed by atoms with Crippen molar-refractivity contribution in [3.8, 4) is 0 Å². The van der Waals surface area contributed by atoms with Gasteiger partial charge < -0.3 is 11.1 Å². The van der Waals surface area contributed by atoms with E-state index >= 15 is 0 Å². The molecular formula is C17H18N4O. The zero-order valence-corrected chi connectivity index (χ0v) is 12.2. The Labute approximate surface area is 128 Å². The average Bonchev–Trinajstić information content (AvgIpc) is 2.55. The van der Waals surface area contributed by atoms with E-state index in [2.05, 4.69) is 15.3 Å². The van der Waals surface area contributed by atoms with E-state index in [4.69, 9.17) is 5.73 Å². The number of rotatable bonds is 5. The topological polar surface area (TPSA) is 80.9 Å². The Bertz CT molecular complexity index is 816. The molecule has 0 aliphatic carbocycles. The fraction of sp³-hybridized carbons (Fsp3) is 0.235. The summed E-state index contributed by atoms with van der Waals surface area (Å²) in [4.78, 5) is 20.9. The lowest BCUT2D eigenvalue weighted by Crippen LogP contribution is -2.12. The molecule has 0 spiro atoms. The predicted molar refractivity (Wildman–Crippen MR) is 88.6 cm³/mol. The van der Waals surface area contributed by atoms with Crippen molar-refractivity contribution in [3.63, 3.8) is 0 Å². The second-order valence-electron chi connectivity index (χ2n) is 5.19. The highest BCUT2D eigenvalue weighted by atomic mass is 16.1. The molecule has 3 N–H and O–H groups in total. The number of hydrogen-bond donors (Lipinski definition) is 2. The maximum atomic E-state index is 12.1. The molecule has 1 amide bonds. The highest BCUT2D eigenvalue weighted by molar-refractivity contribution is 6.11. The zero-order chi connectivity index (χ0) is 15.4. The lowest BCUT2D eigenvalue weighted by Gasteiger charge is -2.10. The summed E-state index contributed by atoms with van der Waals surface area (Å²) in [5.41, 5.74) is 7.89. The van der Waals surface area contributed by atoms with Gasteiger partial charge in [-0.3, -0.25) is 14.8 Å². The largest absolute Gasteiger partial charge is 0.330 e. The lowest BCUT2D eigenvalue weighted by molar-refractivity contribution is -0.116. The van der Waals surface area contributed by atoms with Gasteiger partial charge in [-0.1, -0.05) is 6.07 Å². The summed E-state index contributed by atoms with van der Waals surface area (Å²) < 4.78 is 0. The summed E-state index contributed by atoms with van der Waals surface area (Å²) in [5.74, 6) is 0.00171. The SMILES string of the molecule is NCCCCC(=O)Nc1cc2cccnc2c2ncccc12. The van der Waals surface area contributed by atoms with E-state index in [0.717, 1.165) is 40.3 Å². The molecule has 5 nitrogen and oxygen atoms in total. The minimum atomic E-state index is 0.00171. The minimum Gasteiger partial charge on any atom is -0.330 e. The number of carbonyl (C=O) groups is 1. The van der Waals surface area contributed by atoms with Crippen LogP contribution < -0.4 is 11.1 Å². The molecule has 112 valence electrons. The fourth-order valence-electron chi connectivity index (χ4n) is 2.52. The normalized spacial score (nSPS) is 11.0. The van der Waals surface area contributed by atoms with E-state index in [9.17, 15) is 4.79 Å². The van der Waals surface area contributed by atoms with E-state index in [1.807, 2.05) is 30.3 Å². The Morgan fingerprint density at radius 3 is 2.68 bits per heavy atom. The van der Waals surface area contributed by atoms with Crippen LogP contribution in [0.3, 0.4) is 0 Å². The number of hydrogen-bond acceptors (Lipinski definition) is 4. The number of nitrogens with one attached hydrogen (secondary N) is 1. The summed E-state index contributed by atoms with van der Waals surface area (Å²) in [6, 6.07) is 9.62. The van der Waals surface area contributed by atoms with Gasteiger partial charge in [0.25, 0.3) is 0 Å². The summed E-state index contributed by atoms with van der Waals surface area (Å²) in [6.07, 6.45) is 5.62. The summed E-state index contributed by atoms with van der Waals surface area (Å²) in [6.45, 7) is 0.613. The number of aromatic nitrogens is 2. The first-order chi connectivity index (χ1) is 10.8. The first-order valence-electron chi connectivity index (χ1n) is 7.42. The molecule has 0 unspecified atom stereocenters. The van der Waals surface area contributed by atoms with E-state index in [1.165, 1.54) is 0 Å². The van der Waals surface area contributed by atoms with Crippen LogP contribution in [0.4, 0.5) is 5.69 Å². The molecule has 0 atom stereocenters. The molecule has 0 aliphatic rings. The van der Waals surface area contributed by atoms with Gasteiger partial charge in [0.05, 0.1) is 16.7 Å². The highest BCUT2D eigenvalue weighted by Gasteiger charge is 2.10. The quantitative estimate of drug-likeness (QED) is 0.560. The van der Waals surface area contributed by atoms with Crippen molar-refractivity contribution in [3.05, 3.63) is 42.7 Å². The minimum absolute atomic E-state index is 0.00171. The summed E-state index contributed by atoms with van der Waals surface area (Å²) in [5, 5.41) is 4.86. The first-order valence-corrected chi connectivity index (χ1v) is 7.42. The van der Waals surface area contributed by atoms with Crippen LogP contribution in [0.5, 0.6) is 0 Å². The summed E-state index contributed by atoms with van der Waals surface area (Å²) >= 11 is 0. The van der Waals surface area contributed by atoms with Gasteiger partial charge in [0.1, 0.15) is 0 Å². The van der Waals surface area contributed by atoms with Crippen molar-refractivity contribution in [1.29, 1.82) is 0 Å². The maximum absolute atomic E-state index is 12.1. The van der Waals surface area contributed by atoms with E-state index in [-0.39, 0.29) is 5.91 Å². The number of unbranched alkanes of at least 4 members (excludes halogenated alkanes) is 1. The molecule has 2 heterocycles. The summed E-state index contributed by atoms with van der Waals surface area (Å²) in [7, 11) is 0. The average molecular weight is 294 g/mol. The zero-order valence-electron chi connectivity index (χ0n) is 12.2. The second-order valence-corrected chi connectivity index (χ2v) is 5.19. The number of amides is 1. The van der Waals surface area contributed by atoms with Crippen LogP contribution in [0, 0.1) is 0 Å². The molecule has 0 saturated carbocycles. The molecule has 22 heavy (non-hydrogen) atoms. The third-order valence-electron chi connectivity index (χ3n) is 3.59. The van der Waals surface area contributed by atoms with Crippen molar-refractivity contribution in [2.75, 3.05) is 11.9 Å². The van der Waals surface area contributed by atoms with Gasteiger partial charge in [-0.15, -0.1) is 0 Å². The van der Waals surface area contributed by atoms with Crippen LogP contribution in [0.2, 0.25) is 0 Å². The van der Waals surface area contributed by atoms with Crippen LogP contribution in [0.15, 0.2) is 42.7 Å². The van der Waals surface area contributed by atoms with E-state index in [0.29, 0.717) is 13.0 Å². The third kappa shape index (κ3) is 2.89. The van der Waals surface area contributed by atoms with Gasteiger partial charge in [-0.05, 0) is 43.7 Å². The van der Waals surface area contributed by atoms with Gasteiger partial charge in [0, 0.05) is 29.6 Å². The van der Waals surface area contributed by atoms with Gasteiger partial charge in [-0.2, -0.15) is 0 Å². The standard InChI is InChI=1S/C17H18N4O/c18-8-2-1-7-15(22)21-14-11-12-5-3-9-19-16(12)17-13(14)6-4-10-20-17/h3-6,9-11H,1-2,7-8,18H2,(H,21,22). The van der Waals surface area contributed by atoms with Crippen molar-refractivity contribution in [2.24, 2.45) is 5.73 Å². The van der Waals surface area contributed by atoms with Gasteiger partial charge in [0.2, 0.25) is 5.91 Å². The van der Waals surface area contributed by atoms with Crippen LogP contribution in [0.25, 0.3) is 21.8 Å². The number of anilines is 1. The smallest absolute Gasteiger partial charge is 0.224 e. The molecule has 0 bridgehead atoms. The Hall–Kier alpha value is -2.53. The third-order valence-corrected chi connectivity index (χ3v) is 3.59. The number of nitrogens with two attached hydrogens (primary N) is 1. The Morgan fingerprint density at radius 2 is 1.86 bits per heavy atom. The number of nitrogens with zero attached hydrogens (tertiary/aromatic N) is 2.